The maximum Gasteiger partial charge on any atom is 0.303 e. The van der Waals surface area contributed by atoms with E-state index in [1.807, 2.05) is 55.6 Å². The molecule has 0 aliphatic carbocycles. The maximum absolute atomic E-state index is 10.5. The van der Waals surface area contributed by atoms with E-state index < -0.39 is 5.97 Å². The number of carbonyl (C=O) groups is 1. The molecule has 3 rings (SSSR count). The van der Waals surface area contributed by atoms with Gasteiger partial charge in [0.2, 0.25) is 0 Å². The van der Waals surface area contributed by atoms with Gasteiger partial charge in [0.25, 0.3) is 0 Å². The zero-order chi connectivity index (χ0) is 19.9. The Kier molecular flexibility index (Phi) is 8.76. The number of halogens is 2. The van der Waals surface area contributed by atoms with E-state index in [9.17, 15) is 4.79 Å². The highest BCUT2D eigenvalue weighted by Crippen LogP contribution is 2.26. The summed E-state index contributed by atoms with van der Waals surface area (Å²) in [6.07, 6.45) is 1.75. The lowest BCUT2D eigenvalue weighted by atomic mass is 10.2. The van der Waals surface area contributed by atoms with Crippen LogP contribution in [0, 0.1) is 0 Å². The molecule has 8 heteroatoms. The summed E-state index contributed by atoms with van der Waals surface area (Å²) in [5.74, 6) is 0.0507. The van der Waals surface area contributed by atoms with Crippen LogP contribution < -0.4 is 4.74 Å². The topological polar surface area (TPSA) is 67.6 Å². The summed E-state index contributed by atoms with van der Waals surface area (Å²) in [5, 5.41) is 14.7. The van der Waals surface area contributed by atoms with Crippen LogP contribution >= 0.6 is 24.0 Å². The van der Waals surface area contributed by atoms with Crippen LogP contribution in [0.3, 0.4) is 0 Å². The Morgan fingerprint density at radius 1 is 1.14 bits per heavy atom. The van der Waals surface area contributed by atoms with Crippen molar-refractivity contribution >= 4 is 40.9 Å². The molecular weight excluding hydrogens is 413 g/mol. The van der Waals surface area contributed by atoms with Gasteiger partial charge in [0.15, 0.2) is 0 Å². The normalized spacial score (nSPS) is 10.9. The Bertz CT molecular complexity index is 929. The molecule has 156 valence electrons. The quantitative estimate of drug-likeness (QED) is 0.466. The first-order valence-corrected chi connectivity index (χ1v) is 9.69. The van der Waals surface area contributed by atoms with Gasteiger partial charge >= 0.3 is 5.97 Å². The molecule has 6 nitrogen and oxygen atoms in total. The molecule has 0 radical (unpaired) electrons. The lowest BCUT2D eigenvalue weighted by Crippen LogP contribution is -2.23. The number of carboxylic acid groups (broad SMARTS) is 1. The third-order valence-electron chi connectivity index (χ3n) is 4.48. The molecule has 1 heterocycles. The van der Waals surface area contributed by atoms with Crippen molar-refractivity contribution in [3.8, 4) is 11.4 Å². The van der Waals surface area contributed by atoms with E-state index in [2.05, 4.69) is 10.00 Å². The zero-order valence-electron chi connectivity index (χ0n) is 16.3. The first-order chi connectivity index (χ1) is 13.5. The molecule has 1 N–H and O–H groups in total. The maximum atomic E-state index is 10.5. The van der Waals surface area contributed by atoms with Gasteiger partial charge in [-0.05, 0) is 62.8 Å². The molecule has 0 atom stereocenters. The molecule has 1 aromatic heterocycles. The van der Waals surface area contributed by atoms with Gasteiger partial charge in [-0.15, -0.1) is 12.4 Å². The van der Waals surface area contributed by atoms with Crippen LogP contribution in [0.1, 0.15) is 19.3 Å². The van der Waals surface area contributed by atoms with E-state index in [0.717, 1.165) is 41.9 Å². The first-order valence-electron chi connectivity index (χ1n) is 9.31. The largest absolute Gasteiger partial charge is 0.494 e. The molecule has 0 saturated heterocycles. The van der Waals surface area contributed by atoms with E-state index >= 15 is 0 Å². The van der Waals surface area contributed by atoms with Gasteiger partial charge in [-0.2, -0.15) is 5.10 Å². The number of hydrogen-bond donors (Lipinski definition) is 1. The second-order valence-corrected chi connectivity index (χ2v) is 7.07. The molecule has 0 unspecified atom stereocenters. The number of benzene rings is 2. The molecule has 0 aliphatic heterocycles. The highest BCUT2D eigenvalue weighted by atomic mass is 35.5. The Morgan fingerprint density at radius 2 is 1.83 bits per heavy atom. The van der Waals surface area contributed by atoms with Crippen molar-refractivity contribution in [1.29, 1.82) is 0 Å². The average Bonchev–Trinajstić information content (AvgIpc) is 3.02. The summed E-state index contributed by atoms with van der Waals surface area (Å²) < 4.78 is 7.52. The zero-order valence-corrected chi connectivity index (χ0v) is 17.8. The number of carboxylic acids is 1. The summed E-state index contributed by atoms with van der Waals surface area (Å²) in [6, 6.07) is 15.5. The molecule has 0 fully saturated rings. The van der Waals surface area contributed by atoms with Crippen LogP contribution in [0.15, 0.2) is 48.5 Å². The second-order valence-electron chi connectivity index (χ2n) is 6.72. The first kappa shape index (κ1) is 23.0. The Hall–Kier alpha value is -2.28. The smallest absolute Gasteiger partial charge is 0.303 e. The summed E-state index contributed by atoms with van der Waals surface area (Å²) >= 11 is 6.45. The molecule has 3 aromatic rings. The summed E-state index contributed by atoms with van der Waals surface area (Å²) in [5.41, 5.74) is 1.74. The molecule has 0 saturated carbocycles. The van der Waals surface area contributed by atoms with Crippen LogP contribution in [0.2, 0.25) is 5.15 Å². The minimum atomic E-state index is -0.746. The van der Waals surface area contributed by atoms with Crippen molar-refractivity contribution in [2.45, 2.75) is 19.3 Å². The molecule has 0 bridgehead atoms. The monoisotopic (exact) mass is 437 g/mol. The van der Waals surface area contributed by atoms with Crippen LogP contribution in [0.5, 0.6) is 5.75 Å². The Morgan fingerprint density at radius 3 is 2.52 bits per heavy atom. The summed E-state index contributed by atoms with van der Waals surface area (Å²) in [4.78, 5) is 12.7. The van der Waals surface area contributed by atoms with E-state index in [-0.39, 0.29) is 18.8 Å². The van der Waals surface area contributed by atoms with Gasteiger partial charge in [0, 0.05) is 18.4 Å². The van der Waals surface area contributed by atoms with Crippen molar-refractivity contribution in [2.75, 3.05) is 26.7 Å². The minimum Gasteiger partial charge on any atom is -0.494 e. The van der Waals surface area contributed by atoms with Crippen molar-refractivity contribution in [2.24, 2.45) is 0 Å². The number of nitrogens with zero attached hydrogens (tertiary/aromatic N) is 3. The fourth-order valence-electron chi connectivity index (χ4n) is 2.99. The molecule has 0 spiro atoms. The van der Waals surface area contributed by atoms with Crippen molar-refractivity contribution < 1.29 is 14.6 Å². The predicted molar refractivity (Wildman–Crippen MR) is 118 cm³/mol. The molecule has 2 aromatic carbocycles. The number of rotatable bonds is 10. The lowest BCUT2D eigenvalue weighted by Gasteiger charge is -2.16. The molecular formula is C21H25Cl2N3O3. The van der Waals surface area contributed by atoms with Crippen LogP contribution in [-0.4, -0.2) is 52.5 Å². The van der Waals surface area contributed by atoms with Crippen LogP contribution in [-0.2, 0) is 4.79 Å². The number of aliphatic carboxylic acids is 1. The highest BCUT2D eigenvalue weighted by Gasteiger charge is 2.10. The minimum absolute atomic E-state index is 0. The number of hydrogen-bond acceptors (Lipinski definition) is 4. The third kappa shape index (κ3) is 6.35. The van der Waals surface area contributed by atoms with Crippen molar-refractivity contribution in [3.05, 3.63) is 53.7 Å². The number of aromatic nitrogens is 2. The van der Waals surface area contributed by atoms with Crippen molar-refractivity contribution in [3.63, 3.8) is 0 Å². The number of ether oxygens (including phenoxy) is 1. The predicted octanol–water partition coefficient (Wildman–Crippen LogP) is 4.67. The summed E-state index contributed by atoms with van der Waals surface area (Å²) in [6.45, 7) is 2.25. The third-order valence-corrected chi connectivity index (χ3v) is 4.85. The fourth-order valence-corrected chi connectivity index (χ4v) is 3.29. The van der Waals surface area contributed by atoms with Gasteiger partial charge in [0.1, 0.15) is 10.9 Å². The van der Waals surface area contributed by atoms with Gasteiger partial charge in [0.05, 0.1) is 17.8 Å². The highest BCUT2D eigenvalue weighted by molar-refractivity contribution is 6.34. The second kappa shape index (κ2) is 11.0. The summed E-state index contributed by atoms with van der Waals surface area (Å²) in [7, 11) is 1.99. The van der Waals surface area contributed by atoms with Crippen LogP contribution in [0.4, 0.5) is 0 Å². The Balaban J connectivity index is 0.00000300. The number of fused-ring (bicyclic) bond motifs is 1. The molecule has 29 heavy (non-hydrogen) atoms. The van der Waals surface area contributed by atoms with Gasteiger partial charge in [-0.3, -0.25) is 4.79 Å². The average molecular weight is 438 g/mol. The van der Waals surface area contributed by atoms with E-state index in [0.29, 0.717) is 18.2 Å². The van der Waals surface area contributed by atoms with Crippen LogP contribution in [0.25, 0.3) is 16.6 Å². The molecule has 0 aliphatic rings. The standard InChI is InChI=1S/C21H24ClN3O3.ClH/c1-24(13-4-8-20(26)27)14-5-15-28-17-11-9-16(10-12-17)25-21(22)18-6-2-3-7-19(18)23-25;/h2-3,6-7,9-12H,4-5,8,13-15H2,1H3,(H,26,27);1H. The molecule has 0 amide bonds. The van der Waals surface area contributed by atoms with E-state index in [1.165, 1.54) is 0 Å². The lowest BCUT2D eigenvalue weighted by molar-refractivity contribution is -0.137. The van der Waals surface area contributed by atoms with E-state index in [4.69, 9.17) is 21.4 Å². The Labute approximate surface area is 181 Å². The van der Waals surface area contributed by atoms with Crippen molar-refractivity contribution in [1.82, 2.24) is 14.7 Å². The van der Waals surface area contributed by atoms with Gasteiger partial charge in [-0.1, -0.05) is 23.7 Å². The van der Waals surface area contributed by atoms with E-state index in [1.54, 1.807) is 4.68 Å². The van der Waals surface area contributed by atoms with Gasteiger partial charge in [-0.25, -0.2) is 4.68 Å². The SMILES string of the molecule is CN(CCCOc1ccc(-n2nc3ccccc3c2Cl)cc1)CCCC(=O)O.Cl. The van der Waals surface area contributed by atoms with Gasteiger partial charge < -0.3 is 14.7 Å². The fraction of sp³-hybridized carbons (Fsp3) is 0.333.